The van der Waals surface area contributed by atoms with Crippen LogP contribution >= 0.6 is 0 Å². The Bertz CT molecular complexity index is 601. The zero-order valence-corrected chi connectivity index (χ0v) is 12.5. The van der Waals surface area contributed by atoms with Gasteiger partial charge in [0.2, 0.25) is 0 Å². The predicted molar refractivity (Wildman–Crippen MR) is 86.7 cm³/mol. The minimum Gasteiger partial charge on any atom is -0.490 e. The third-order valence-electron chi connectivity index (χ3n) is 3.41. The molecular weight excluding hydrogens is 276 g/mol. The van der Waals surface area contributed by atoms with Crippen molar-refractivity contribution in [2.45, 2.75) is 12.7 Å². The summed E-state index contributed by atoms with van der Waals surface area (Å²) in [6, 6.07) is 18.1. The van der Waals surface area contributed by atoms with Gasteiger partial charge in [0.15, 0.2) is 6.29 Å². The van der Waals surface area contributed by atoms with Crippen molar-refractivity contribution in [3.63, 3.8) is 0 Å². The molecule has 1 heterocycles. The molecular formula is C19H20O3. The first-order valence-corrected chi connectivity index (χ1v) is 7.59. The highest BCUT2D eigenvalue weighted by Crippen LogP contribution is 2.25. The van der Waals surface area contributed by atoms with Crippen molar-refractivity contribution >= 4 is 6.08 Å². The van der Waals surface area contributed by atoms with Crippen LogP contribution in [0.15, 0.2) is 60.7 Å². The Kier molecular flexibility index (Phi) is 5.24. The average Bonchev–Trinajstić information content (AvgIpc) is 2.61. The van der Waals surface area contributed by atoms with Crippen molar-refractivity contribution in [1.82, 2.24) is 0 Å². The van der Waals surface area contributed by atoms with Gasteiger partial charge in [0, 0.05) is 5.56 Å². The third-order valence-corrected chi connectivity index (χ3v) is 3.41. The lowest BCUT2D eigenvalue weighted by atomic mass is 10.2. The summed E-state index contributed by atoms with van der Waals surface area (Å²) in [7, 11) is 0. The van der Waals surface area contributed by atoms with E-state index in [0.29, 0.717) is 6.61 Å². The van der Waals surface area contributed by atoms with Gasteiger partial charge in [-0.2, -0.15) is 0 Å². The summed E-state index contributed by atoms with van der Waals surface area (Å²) < 4.78 is 17.0. The molecule has 2 aromatic carbocycles. The molecule has 0 radical (unpaired) electrons. The van der Waals surface area contributed by atoms with Crippen molar-refractivity contribution in [2.24, 2.45) is 0 Å². The van der Waals surface area contributed by atoms with Crippen molar-refractivity contribution in [2.75, 3.05) is 19.8 Å². The second-order valence-corrected chi connectivity index (χ2v) is 5.12. The van der Waals surface area contributed by atoms with E-state index in [1.807, 2.05) is 48.5 Å². The van der Waals surface area contributed by atoms with Crippen LogP contribution in [-0.4, -0.2) is 19.8 Å². The minimum atomic E-state index is -0.267. The first-order valence-electron chi connectivity index (χ1n) is 7.59. The molecule has 1 saturated heterocycles. The van der Waals surface area contributed by atoms with Crippen molar-refractivity contribution in [3.05, 3.63) is 71.8 Å². The maximum absolute atomic E-state index is 5.76. The van der Waals surface area contributed by atoms with Gasteiger partial charge in [-0.25, -0.2) is 0 Å². The van der Waals surface area contributed by atoms with Gasteiger partial charge in [0.25, 0.3) is 0 Å². The summed E-state index contributed by atoms with van der Waals surface area (Å²) in [4.78, 5) is 0. The van der Waals surface area contributed by atoms with Gasteiger partial charge >= 0.3 is 0 Å². The van der Waals surface area contributed by atoms with Crippen LogP contribution in [0.3, 0.4) is 0 Å². The number of hydrogen-bond acceptors (Lipinski definition) is 3. The minimum absolute atomic E-state index is 0.267. The molecule has 0 atom stereocenters. The lowest BCUT2D eigenvalue weighted by Gasteiger charge is -2.23. The summed E-state index contributed by atoms with van der Waals surface area (Å²) in [5, 5.41) is 0. The van der Waals surface area contributed by atoms with Gasteiger partial charge < -0.3 is 14.2 Å². The van der Waals surface area contributed by atoms with E-state index >= 15 is 0 Å². The number of benzene rings is 2. The van der Waals surface area contributed by atoms with Crippen LogP contribution in [0.4, 0.5) is 0 Å². The summed E-state index contributed by atoms with van der Waals surface area (Å²) in [6.07, 6.45) is 4.75. The molecule has 0 aliphatic carbocycles. The molecule has 3 rings (SSSR count). The SMILES string of the molecule is C(=C\c1ccccc1)/COc1cccc(C2OCCCO2)c1. The fourth-order valence-corrected chi connectivity index (χ4v) is 2.32. The Hall–Kier alpha value is -2.10. The third kappa shape index (κ3) is 4.20. The highest BCUT2D eigenvalue weighted by Gasteiger charge is 2.16. The zero-order valence-electron chi connectivity index (χ0n) is 12.5. The van der Waals surface area contributed by atoms with Crippen molar-refractivity contribution in [3.8, 4) is 5.75 Å². The largest absolute Gasteiger partial charge is 0.490 e. The first-order chi connectivity index (χ1) is 10.9. The predicted octanol–water partition coefficient (Wildman–Crippen LogP) is 4.21. The highest BCUT2D eigenvalue weighted by molar-refractivity contribution is 5.48. The van der Waals surface area contributed by atoms with Crippen LogP contribution in [0.5, 0.6) is 5.75 Å². The Labute approximate surface area is 131 Å². The average molecular weight is 296 g/mol. The van der Waals surface area contributed by atoms with Crippen LogP contribution in [0.2, 0.25) is 0 Å². The Morgan fingerprint density at radius 1 is 1.00 bits per heavy atom. The lowest BCUT2D eigenvalue weighted by molar-refractivity contribution is -0.183. The van der Waals surface area contributed by atoms with Crippen LogP contribution in [0, 0.1) is 0 Å². The van der Waals surface area contributed by atoms with Gasteiger partial charge in [-0.3, -0.25) is 0 Å². The molecule has 0 spiro atoms. The van der Waals surface area contributed by atoms with Gasteiger partial charge in [0.05, 0.1) is 13.2 Å². The highest BCUT2D eigenvalue weighted by atomic mass is 16.7. The van der Waals surface area contributed by atoms with Gasteiger partial charge in [-0.05, 0) is 30.2 Å². The van der Waals surface area contributed by atoms with Crippen LogP contribution in [-0.2, 0) is 9.47 Å². The maximum atomic E-state index is 5.76. The maximum Gasteiger partial charge on any atom is 0.183 e. The van der Waals surface area contributed by atoms with Crippen molar-refractivity contribution in [1.29, 1.82) is 0 Å². The van der Waals surface area contributed by atoms with Crippen LogP contribution in [0.1, 0.15) is 23.8 Å². The summed E-state index contributed by atoms with van der Waals surface area (Å²) >= 11 is 0. The number of rotatable bonds is 5. The summed E-state index contributed by atoms with van der Waals surface area (Å²) in [5.41, 5.74) is 2.17. The fourth-order valence-electron chi connectivity index (χ4n) is 2.32. The zero-order chi connectivity index (χ0) is 15.0. The van der Waals surface area contributed by atoms with E-state index in [0.717, 1.165) is 30.9 Å². The van der Waals surface area contributed by atoms with E-state index in [1.165, 1.54) is 5.56 Å². The second kappa shape index (κ2) is 7.78. The molecule has 0 saturated carbocycles. The van der Waals surface area contributed by atoms with Crippen LogP contribution < -0.4 is 4.74 Å². The quantitative estimate of drug-likeness (QED) is 0.827. The van der Waals surface area contributed by atoms with E-state index < -0.39 is 0 Å². The van der Waals surface area contributed by atoms with E-state index in [9.17, 15) is 0 Å². The van der Waals surface area contributed by atoms with Gasteiger partial charge in [-0.15, -0.1) is 0 Å². The Morgan fingerprint density at radius 2 is 1.82 bits per heavy atom. The molecule has 3 nitrogen and oxygen atoms in total. The van der Waals surface area contributed by atoms with Gasteiger partial charge in [0.1, 0.15) is 12.4 Å². The number of ether oxygens (including phenoxy) is 3. The fraction of sp³-hybridized carbons (Fsp3) is 0.263. The molecule has 0 unspecified atom stereocenters. The monoisotopic (exact) mass is 296 g/mol. The van der Waals surface area contributed by atoms with E-state index in [2.05, 4.69) is 18.2 Å². The molecule has 2 aromatic rings. The number of hydrogen-bond donors (Lipinski definition) is 0. The molecule has 0 N–H and O–H groups in total. The second-order valence-electron chi connectivity index (χ2n) is 5.12. The topological polar surface area (TPSA) is 27.7 Å². The van der Waals surface area contributed by atoms with E-state index in [-0.39, 0.29) is 6.29 Å². The molecule has 1 aliphatic heterocycles. The van der Waals surface area contributed by atoms with Crippen LogP contribution in [0.25, 0.3) is 6.08 Å². The molecule has 1 aliphatic rings. The van der Waals surface area contributed by atoms with E-state index in [1.54, 1.807) is 0 Å². The standard InChI is InChI=1S/C19H20O3/c1-2-7-16(8-3-1)9-5-12-20-18-11-4-10-17(15-18)19-21-13-6-14-22-19/h1-5,7-11,15,19H,6,12-14H2/b9-5+. The molecule has 114 valence electrons. The van der Waals surface area contributed by atoms with Crippen molar-refractivity contribution < 1.29 is 14.2 Å². The lowest BCUT2D eigenvalue weighted by Crippen LogP contribution is -2.17. The van der Waals surface area contributed by atoms with E-state index in [4.69, 9.17) is 14.2 Å². The molecule has 3 heteroatoms. The smallest absolute Gasteiger partial charge is 0.183 e. The summed E-state index contributed by atoms with van der Waals surface area (Å²) in [5.74, 6) is 0.827. The molecule has 0 amide bonds. The Balaban J connectivity index is 1.55. The molecule has 22 heavy (non-hydrogen) atoms. The van der Waals surface area contributed by atoms with Gasteiger partial charge in [-0.1, -0.05) is 48.5 Å². The molecule has 0 aromatic heterocycles. The summed E-state index contributed by atoms with van der Waals surface area (Å²) in [6.45, 7) is 2.02. The first kappa shape index (κ1) is 14.8. The molecule has 0 bridgehead atoms. The Morgan fingerprint density at radius 3 is 2.64 bits per heavy atom. The normalized spacial score (nSPS) is 16.0. The molecule has 1 fully saturated rings.